The molecule has 2 heterocycles. The molecule has 0 atom stereocenters. The van der Waals surface area contributed by atoms with Crippen LogP contribution in [0.2, 0.25) is 5.15 Å². The first-order chi connectivity index (χ1) is 7.33. The SMILES string of the molecule is CCCc1c(Cl)ncnc1-n1cccn1. The van der Waals surface area contributed by atoms with Crippen LogP contribution in [-0.4, -0.2) is 19.7 Å². The topological polar surface area (TPSA) is 43.6 Å². The first-order valence-electron chi connectivity index (χ1n) is 4.82. The maximum Gasteiger partial charge on any atom is 0.161 e. The Labute approximate surface area is 92.9 Å². The van der Waals surface area contributed by atoms with Gasteiger partial charge in [-0.1, -0.05) is 24.9 Å². The van der Waals surface area contributed by atoms with E-state index in [-0.39, 0.29) is 0 Å². The minimum Gasteiger partial charge on any atom is -0.224 e. The molecule has 2 aromatic heterocycles. The quantitative estimate of drug-likeness (QED) is 0.749. The molecule has 78 valence electrons. The fourth-order valence-electron chi connectivity index (χ4n) is 1.44. The van der Waals surface area contributed by atoms with E-state index in [0.29, 0.717) is 5.15 Å². The van der Waals surface area contributed by atoms with Gasteiger partial charge in [0.15, 0.2) is 5.82 Å². The van der Waals surface area contributed by atoms with E-state index >= 15 is 0 Å². The minimum atomic E-state index is 0.511. The van der Waals surface area contributed by atoms with E-state index in [0.717, 1.165) is 24.2 Å². The molecule has 0 saturated heterocycles. The van der Waals surface area contributed by atoms with Crippen LogP contribution in [0, 0.1) is 0 Å². The van der Waals surface area contributed by atoms with Crippen LogP contribution in [0.15, 0.2) is 24.8 Å². The van der Waals surface area contributed by atoms with Crippen LogP contribution >= 0.6 is 11.6 Å². The lowest BCUT2D eigenvalue weighted by molar-refractivity contribution is 0.799. The summed E-state index contributed by atoms with van der Waals surface area (Å²) >= 11 is 6.03. The molecule has 15 heavy (non-hydrogen) atoms. The van der Waals surface area contributed by atoms with Crippen molar-refractivity contribution >= 4 is 11.6 Å². The summed E-state index contributed by atoms with van der Waals surface area (Å²) < 4.78 is 1.71. The van der Waals surface area contributed by atoms with Gasteiger partial charge in [0.05, 0.1) is 0 Å². The van der Waals surface area contributed by atoms with Gasteiger partial charge in [0.2, 0.25) is 0 Å². The summed E-state index contributed by atoms with van der Waals surface area (Å²) in [5.41, 5.74) is 0.949. The zero-order valence-electron chi connectivity index (χ0n) is 8.39. The van der Waals surface area contributed by atoms with Crippen molar-refractivity contribution in [3.05, 3.63) is 35.5 Å². The van der Waals surface area contributed by atoms with E-state index in [1.54, 1.807) is 10.9 Å². The maximum absolute atomic E-state index is 6.03. The second-order valence-corrected chi connectivity index (χ2v) is 3.53. The van der Waals surface area contributed by atoms with Crippen molar-refractivity contribution in [3.8, 4) is 5.82 Å². The smallest absolute Gasteiger partial charge is 0.161 e. The number of rotatable bonds is 3. The van der Waals surface area contributed by atoms with Crippen LogP contribution in [0.4, 0.5) is 0 Å². The second kappa shape index (κ2) is 4.40. The van der Waals surface area contributed by atoms with Crippen molar-refractivity contribution in [1.29, 1.82) is 0 Å². The molecule has 0 unspecified atom stereocenters. The molecule has 0 N–H and O–H groups in total. The van der Waals surface area contributed by atoms with Crippen LogP contribution in [0.5, 0.6) is 0 Å². The van der Waals surface area contributed by atoms with Gasteiger partial charge in [-0.25, -0.2) is 14.6 Å². The Morgan fingerprint density at radius 2 is 2.27 bits per heavy atom. The Morgan fingerprint density at radius 1 is 1.40 bits per heavy atom. The van der Waals surface area contributed by atoms with Gasteiger partial charge in [-0.05, 0) is 12.5 Å². The predicted molar refractivity (Wildman–Crippen MR) is 58.2 cm³/mol. The predicted octanol–water partition coefficient (Wildman–Crippen LogP) is 2.27. The van der Waals surface area contributed by atoms with Crippen LogP contribution in [0.25, 0.3) is 5.82 Å². The normalized spacial score (nSPS) is 10.5. The zero-order valence-corrected chi connectivity index (χ0v) is 9.15. The molecule has 0 amide bonds. The molecule has 0 aliphatic heterocycles. The lowest BCUT2D eigenvalue weighted by atomic mass is 10.2. The molecular weight excluding hydrogens is 212 g/mol. The third-order valence-corrected chi connectivity index (χ3v) is 2.42. The Balaban J connectivity index is 2.51. The fraction of sp³-hybridized carbons (Fsp3) is 0.300. The summed E-state index contributed by atoms with van der Waals surface area (Å²) in [7, 11) is 0. The van der Waals surface area contributed by atoms with E-state index in [4.69, 9.17) is 11.6 Å². The van der Waals surface area contributed by atoms with Crippen molar-refractivity contribution in [2.75, 3.05) is 0 Å². The summed E-state index contributed by atoms with van der Waals surface area (Å²) in [6, 6.07) is 1.85. The molecule has 0 fully saturated rings. The first kappa shape index (κ1) is 10.1. The van der Waals surface area contributed by atoms with E-state index < -0.39 is 0 Å². The largest absolute Gasteiger partial charge is 0.224 e. The fourth-order valence-corrected chi connectivity index (χ4v) is 1.66. The average molecular weight is 223 g/mol. The van der Waals surface area contributed by atoms with Crippen LogP contribution in [0.1, 0.15) is 18.9 Å². The molecule has 0 aliphatic carbocycles. The molecule has 5 heteroatoms. The number of nitrogens with zero attached hydrogens (tertiary/aromatic N) is 4. The van der Waals surface area contributed by atoms with Gasteiger partial charge >= 0.3 is 0 Å². The van der Waals surface area contributed by atoms with Crippen LogP contribution in [-0.2, 0) is 6.42 Å². The molecule has 0 saturated carbocycles. The average Bonchev–Trinajstić information content (AvgIpc) is 2.74. The minimum absolute atomic E-state index is 0.511. The molecule has 2 aromatic rings. The molecule has 2 rings (SSSR count). The van der Waals surface area contributed by atoms with Gasteiger partial charge < -0.3 is 0 Å². The van der Waals surface area contributed by atoms with Crippen molar-refractivity contribution in [2.45, 2.75) is 19.8 Å². The van der Waals surface area contributed by atoms with Crippen molar-refractivity contribution in [1.82, 2.24) is 19.7 Å². The third kappa shape index (κ3) is 1.99. The Hall–Kier alpha value is -1.42. The molecule has 0 bridgehead atoms. The molecule has 0 aliphatic rings. The number of hydrogen-bond acceptors (Lipinski definition) is 3. The Kier molecular flexibility index (Phi) is 2.97. The van der Waals surface area contributed by atoms with Gasteiger partial charge in [0.25, 0.3) is 0 Å². The van der Waals surface area contributed by atoms with E-state index in [1.165, 1.54) is 6.33 Å². The summed E-state index contributed by atoms with van der Waals surface area (Å²) in [6.07, 6.45) is 6.87. The highest BCUT2D eigenvalue weighted by Gasteiger charge is 2.10. The van der Waals surface area contributed by atoms with Crippen molar-refractivity contribution in [2.24, 2.45) is 0 Å². The molecule has 0 radical (unpaired) electrons. The highest BCUT2D eigenvalue weighted by atomic mass is 35.5. The second-order valence-electron chi connectivity index (χ2n) is 3.17. The standard InChI is InChI=1S/C10H11ClN4/c1-2-4-8-9(11)12-7-13-10(8)15-6-3-5-14-15/h3,5-7H,2,4H2,1H3. The van der Waals surface area contributed by atoms with Crippen LogP contribution in [0.3, 0.4) is 0 Å². The molecule has 4 nitrogen and oxygen atoms in total. The van der Waals surface area contributed by atoms with Crippen molar-refractivity contribution in [3.63, 3.8) is 0 Å². The number of hydrogen-bond donors (Lipinski definition) is 0. The third-order valence-electron chi connectivity index (χ3n) is 2.09. The Bertz CT molecular complexity index is 439. The van der Waals surface area contributed by atoms with Gasteiger partial charge in [-0.2, -0.15) is 5.10 Å². The summed E-state index contributed by atoms with van der Waals surface area (Å²) in [5.74, 6) is 0.766. The van der Waals surface area contributed by atoms with Crippen LogP contribution < -0.4 is 0 Å². The molecule has 0 aromatic carbocycles. The van der Waals surface area contributed by atoms with E-state index in [2.05, 4.69) is 22.0 Å². The summed E-state index contributed by atoms with van der Waals surface area (Å²) in [6.45, 7) is 2.09. The highest BCUT2D eigenvalue weighted by molar-refractivity contribution is 6.30. The zero-order chi connectivity index (χ0) is 10.7. The van der Waals surface area contributed by atoms with Crippen molar-refractivity contribution < 1.29 is 0 Å². The lowest BCUT2D eigenvalue weighted by Crippen LogP contribution is -2.05. The maximum atomic E-state index is 6.03. The number of aromatic nitrogens is 4. The summed E-state index contributed by atoms with van der Waals surface area (Å²) in [4.78, 5) is 8.19. The first-order valence-corrected chi connectivity index (χ1v) is 5.20. The number of halogens is 1. The molecule has 0 spiro atoms. The van der Waals surface area contributed by atoms with Gasteiger partial charge in [0, 0.05) is 18.0 Å². The van der Waals surface area contributed by atoms with E-state index in [9.17, 15) is 0 Å². The molecular formula is C10H11ClN4. The lowest BCUT2D eigenvalue weighted by Gasteiger charge is -2.07. The van der Waals surface area contributed by atoms with Gasteiger partial charge in [0.1, 0.15) is 11.5 Å². The monoisotopic (exact) mass is 222 g/mol. The Morgan fingerprint density at radius 3 is 2.93 bits per heavy atom. The van der Waals surface area contributed by atoms with Gasteiger partial charge in [-0.3, -0.25) is 0 Å². The summed E-state index contributed by atoms with van der Waals surface area (Å²) in [5, 5.41) is 4.65. The highest BCUT2D eigenvalue weighted by Crippen LogP contribution is 2.19. The van der Waals surface area contributed by atoms with Gasteiger partial charge in [-0.15, -0.1) is 0 Å². The van der Waals surface area contributed by atoms with E-state index in [1.807, 2.05) is 12.3 Å².